The fraction of sp³-hybridized carbons (Fsp3) is 0.357. The molecular weight excluding hydrogens is 288 g/mol. The van der Waals surface area contributed by atoms with Crippen LogP contribution in [0.4, 0.5) is 5.69 Å². The van der Waals surface area contributed by atoms with Crippen LogP contribution >= 0.6 is 0 Å². The predicted octanol–water partition coefficient (Wildman–Crippen LogP) is 1.81. The smallest absolute Gasteiger partial charge is 0.240 e. The molecule has 7 heteroatoms. The summed E-state index contributed by atoms with van der Waals surface area (Å²) in [7, 11) is -0.103. The van der Waals surface area contributed by atoms with Crippen molar-refractivity contribution in [3.8, 4) is 0 Å². The molecule has 0 spiro atoms. The summed E-state index contributed by atoms with van der Waals surface area (Å²) in [5.74, 6) is 0. The molecule has 0 amide bonds. The number of hydrogen-bond donors (Lipinski definition) is 2. The van der Waals surface area contributed by atoms with E-state index >= 15 is 0 Å². The topological polar surface area (TPSA) is 76.0 Å². The van der Waals surface area contributed by atoms with E-state index in [1.165, 1.54) is 7.05 Å². The lowest BCUT2D eigenvalue weighted by molar-refractivity contribution is 0.588. The van der Waals surface area contributed by atoms with E-state index in [0.717, 1.165) is 16.9 Å². The summed E-state index contributed by atoms with van der Waals surface area (Å²) in [6.07, 6.45) is 1.98. The van der Waals surface area contributed by atoms with Gasteiger partial charge in [0.1, 0.15) is 0 Å². The zero-order chi connectivity index (χ0) is 15.6. The van der Waals surface area contributed by atoms with Gasteiger partial charge in [-0.2, -0.15) is 5.10 Å². The molecule has 2 N–H and O–H groups in total. The zero-order valence-corrected chi connectivity index (χ0v) is 13.4. The Hall–Kier alpha value is -1.86. The first kappa shape index (κ1) is 15.5. The number of rotatable bonds is 5. The van der Waals surface area contributed by atoms with Crippen molar-refractivity contribution < 1.29 is 8.42 Å². The van der Waals surface area contributed by atoms with E-state index in [1.54, 1.807) is 28.9 Å². The van der Waals surface area contributed by atoms with Gasteiger partial charge < -0.3 is 5.32 Å². The molecule has 114 valence electrons. The molecule has 1 aromatic heterocycles. The molecule has 0 bridgehead atoms. The normalized spacial score (nSPS) is 13.1. The molecule has 1 aromatic carbocycles. The van der Waals surface area contributed by atoms with Crippen LogP contribution in [-0.4, -0.2) is 25.2 Å². The van der Waals surface area contributed by atoms with Crippen LogP contribution in [0.3, 0.4) is 0 Å². The van der Waals surface area contributed by atoms with Crippen molar-refractivity contribution in [2.75, 3.05) is 12.4 Å². The lowest BCUT2D eigenvalue weighted by Crippen LogP contribution is -2.18. The molecule has 6 nitrogen and oxygen atoms in total. The van der Waals surface area contributed by atoms with Gasteiger partial charge in [0.25, 0.3) is 0 Å². The molecule has 0 saturated heterocycles. The Balaban J connectivity index is 2.15. The Morgan fingerprint density at radius 3 is 2.33 bits per heavy atom. The molecule has 1 atom stereocenters. The molecule has 0 radical (unpaired) electrons. The van der Waals surface area contributed by atoms with E-state index in [9.17, 15) is 8.42 Å². The van der Waals surface area contributed by atoms with Crippen LogP contribution in [0, 0.1) is 6.92 Å². The summed E-state index contributed by atoms with van der Waals surface area (Å²) in [5, 5.41) is 7.66. The minimum absolute atomic E-state index is 0.0884. The monoisotopic (exact) mass is 308 g/mol. The Morgan fingerprint density at radius 2 is 1.86 bits per heavy atom. The zero-order valence-electron chi connectivity index (χ0n) is 12.6. The minimum atomic E-state index is -3.39. The van der Waals surface area contributed by atoms with Crippen molar-refractivity contribution in [2.45, 2.75) is 24.8 Å². The highest BCUT2D eigenvalue weighted by Gasteiger charge is 2.13. The SMILES string of the molecule is CNS(=O)(=O)c1ccc(NC(C)c2cn(C)nc2C)cc1. The second-order valence-electron chi connectivity index (χ2n) is 4.94. The van der Waals surface area contributed by atoms with Crippen LogP contribution in [0.2, 0.25) is 0 Å². The molecule has 0 aliphatic heterocycles. The maximum absolute atomic E-state index is 11.7. The third-order valence-corrected chi connectivity index (χ3v) is 4.76. The van der Waals surface area contributed by atoms with Gasteiger partial charge in [-0.3, -0.25) is 4.68 Å². The van der Waals surface area contributed by atoms with Crippen LogP contribution in [0.25, 0.3) is 0 Å². The lowest BCUT2D eigenvalue weighted by Gasteiger charge is -2.15. The van der Waals surface area contributed by atoms with Gasteiger partial charge in [-0.25, -0.2) is 13.1 Å². The first-order valence-corrected chi connectivity index (χ1v) is 8.12. The fourth-order valence-corrected chi connectivity index (χ4v) is 2.95. The maximum Gasteiger partial charge on any atom is 0.240 e. The maximum atomic E-state index is 11.7. The number of benzene rings is 1. The highest BCUT2D eigenvalue weighted by atomic mass is 32.2. The van der Waals surface area contributed by atoms with Gasteiger partial charge in [-0.1, -0.05) is 0 Å². The molecule has 0 saturated carbocycles. The van der Waals surface area contributed by atoms with Gasteiger partial charge in [0.15, 0.2) is 0 Å². The van der Waals surface area contributed by atoms with Crippen molar-refractivity contribution in [3.05, 3.63) is 41.7 Å². The number of sulfonamides is 1. The number of hydrogen-bond acceptors (Lipinski definition) is 4. The Kier molecular flexibility index (Phi) is 4.34. The number of anilines is 1. The van der Waals surface area contributed by atoms with Crippen molar-refractivity contribution in [3.63, 3.8) is 0 Å². The summed E-state index contributed by atoms with van der Waals surface area (Å²) >= 11 is 0. The van der Waals surface area contributed by atoms with Crippen molar-refractivity contribution in [1.29, 1.82) is 0 Å². The van der Waals surface area contributed by atoms with Gasteiger partial charge in [0.2, 0.25) is 10.0 Å². The quantitative estimate of drug-likeness (QED) is 0.883. The molecule has 21 heavy (non-hydrogen) atoms. The van der Waals surface area contributed by atoms with Gasteiger partial charge in [-0.15, -0.1) is 0 Å². The van der Waals surface area contributed by atoms with Crippen molar-refractivity contribution in [2.24, 2.45) is 7.05 Å². The van der Waals surface area contributed by atoms with Crippen LogP contribution in [-0.2, 0) is 17.1 Å². The fourth-order valence-electron chi connectivity index (χ4n) is 2.22. The highest BCUT2D eigenvalue weighted by Crippen LogP contribution is 2.22. The number of nitrogens with one attached hydrogen (secondary N) is 2. The van der Waals surface area contributed by atoms with Crippen LogP contribution in [0.15, 0.2) is 35.4 Å². The van der Waals surface area contributed by atoms with Gasteiger partial charge in [0, 0.05) is 24.5 Å². The van der Waals surface area contributed by atoms with Crippen LogP contribution in [0.1, 0.15) is 24.2 Å². The molecule has 2 rings (SSSR count). The molecule has 2 aromatic rings. The molecule has 0 aliphatic rings. The Morgan fingerprint density at radius 1 is 1.24 bits per heavy atom. The molecule has 0 fully saturated rings. The number of aromatic nitrogens is 2. The largest absolute Gasteiger partial charge is 0.378 e. The summed E-state index contributed by atoms with van der Waals surface area (Å²) in [5.41, 5.74) is 2.96. The van der Waals surface area contributed by atoms with Crippen LogP contribution in [0.5, 0.6) is 0 Å². The highest BCUT2D eigenvalue weighted by molar-refractivity contribution is 7.89. The first-order valence-electron chi connectivity index (χ1n) is 6.64. The van der Waals surface area contributed by atoms with Crippen molar-refractivity contribution >= 4 is 15.7 Å². The number of nitrogens with zero attached hydrogens (tertiary/aromatic N) is 2. The second kappa shape index (κ2) is 5.87. The summed E-state index contributed by atoms with van der Waals surface area (Å²) in [6.45, 7) is 4.01. The number of aryl methyl sites for hydroxylation is 2. The summed E-state index contributed by atoms with van der Waals surface area (Å²) < 4.78 is 27.4. The van der Waals surface area contributed by atoms with Gasteiger partial charge in [0.05, 0.1) is 16.6 Å². The molecule has 1 heterocycles. The Labute approximate surface area is 125 Å². The Bertz CT molecular complexity index is 720. The third-order valence-electron chi connectivity index (χ3n) is 3.33. The average Bonchev–Trinajstić information content (AvgIpc) is 2.78. The second-order valence-corrected chi connectivity index (χ2v) is 6.83. The van der Waals surface area contributed by atoms with E-state index in [-0.39, 0.29) is 10.9 Å². The van der Waals surface area contributed by atoms with Crippen molar-refractivity contribution in [1.82, 2.24) is 14.5 Å². The standard InChI is InChI=1S/C14H20N4O2S/c1-10(14-9-18(4)17-11(14)2)16-12-5-7-13(8-6-12)21(19,20)15-3/h5-10,15-16H,1-4H3. The van der Waals surface area contributed by atoms with E-state index in [2.05, 4.69) is 15.1 Å². The minimum Gasteiger partial charge on any atom is -0.378 e. The molecule has 1 unspecified atom stereocenters. The van der Waals surface area contributed by atoms with Gasteiger partial charge >= 0.3 is 0 Å². The van der Waals surface area contributed by atoms with E-state index in [4.69, 9.17) is 0 Å². The first-order chi connectivity index (χ1) is 9.83. The van der Waals surface area contributed by atoms with Crippen LogP contribution < -0.4 is 10.0 Å². The predicted molar refractivity (Wildman–Crippen MR) is 82.7 cm³/mol. The third kappa shape index (κ3) is 3.43. The van der Waals surface area contributed by atoms with E-state index in [0.29, 0.717) is 0 Å². The average molecular weight is 308 g/mol. The lowest BCUT2D eigenvalue weighted by atomic mass is 10.1. The van der Waals surface area contributed by atoms with E-state index < -0.39 is 10.0 Å². The molecular formula is C14H20N4O2S. The summed E-state index contributed by atoms with van der Waals surface area (Å²) in [4.78, 5) is 0.251. The van der Waals surface area contributed by atoms with Gasteiger partial charge in [-0.05, 0) is 45.2 Å². The molecule has 0 aliphatic carbocycles. The van der Waals surface area contributed by atoms with E-state index in [1.807, 2.05) is 27.1 Å². The summed E-state index contributed by atoms with van der Waals surface area (Å²) in [6, 6.07) is 6.76.